The third-order valence-corrected chi connectivity index (χ3v) is 5.10. The van der Waals surface area contributed by atoms with E-state index >= 15 is 0 Å². The second kappa shape index (κ2) is 7.05. The number of hydrogen-bond acceptors (Lipinski definition) is 4. The van der Waals surface area contributed by atoms with Crippen molar-refractivity contribution in [1.29, 1.82) is 0 Å². The van der Waals surface area contributed by atoms with Gasteiger partial charge in [-0.2, -0.15) is 5.10 Å². The van der Waals surface area contributed by atoms with E-state index in [1.54, 1.807) is 0 Å². The summed E-state index contributed by atoms with van der Waals surface area (Å²) in [4.78, 5) is 13.2. The Bertz CT molecular complexity index is 1100. The lowest BCUT2D eigenvalue weighted by Crippen LogP contribution is -2.27. The zero-order valence-corrected chi connectivity index (χ0v) is 15.4. The fourth-order valence-corrected chi connectivity index (χ4v) is 3.61. The van der Waals surface area contributed by atoms with Gasteiger partial charge in [-0.05, 0) is 47.5 Å². The summed E-state index contributed by atoms with van der Waals surface area (Å²) in [5.41, 5.74) is 3.07. The van der Waals surface area contributed by atoms with Gasteiger partial charge in [0.2, 0.25) is 6.79 Å². The molecule has 144 valence electrons. The van der Waals surface area contributed by atoms with Gasteiger partial charge in [-0.1, -0.05) is 36.4 Å². The Morgan fingerprint density at radius 2 is 1.72 bits per heavy atom. The van der Waals surface area contributed by atoms with Gasteiger partial charge in [-0.25, -0.2) is 9.40 Å². The maximum Gasteiger partial charge on any atom is 0.274 e. The molecule has 6 heteroatoms. The predicted octanol–water partition coefficient (Wildman–Crippen LogP) is 4.55. The molecule has 3 aromatic rings. The van der Waals surface area contributed by atoms with E-state index in [1.807, 2.05) is 48.5 Å². The van der Waals surface area contributed by atoms with Crippen LogP contribution in [0.1, 0.15) is 33.9 Å². The van der Waals surface area contributed by atoms with Gasteiger partial charge >= 0.3 is 0 Å². The SMILES string of the molecule is O=C(c1ccc(F)cc1)N1N=C(c2ccccc2)CC1c1ccc2c(c1)OCO2. The highest BCUT2D eigenvalue weighted by atomic mass is 19.1. The van der Waals surface area contributed by atoms with Crippen LogP contribution in [0.15, 0.2) is 77.9 Å². The first-order valence-electron chi connectivity index (χ1n) is 9.30. The van der Waals surface area contributed by atoms with Gasteiger partial charge in [0, 0.05) is 12.0 Å². The molecule has 0 saturated heterocycles. The highest BCUT2D eigenvalue weighted by Gasteiger charge is 2.34. The molecule has 3 aromatic carbocycles. The van der Waals surface area contributed by atoms with Crippen LogP contribution in [0.2, 0.25) is 0 Å². The third kappa shape index (κ3) is 3.23. The van der Waals surface area contributed by atoms with Crippen molar-refractivity contribution >= 4 is 11.6 Å². The summed E-state index contributed by atoms with van der Waals surface area (Å²) in [7, 11) is 0. The number of carbonyl (C=O) groups excluding carboxylic acids is 1. The van der Waals surface area contributed by atoms with Crippen LogP contribution >= 0.6 is 0 Å². The van der Waals surface area contributed by atoms with Gasteiger partial charge in [-0.15, -0.1) is 0 Å². The lowest BCUT2D eigenvalue weighted by atomic mass is 9.97. The molecule has 5 rings (SSSR count). The number of fused-ring (bicyclic) bond motifs is 1. The molecule has 0 N–H and O–H groups in total. The predicted molar refractivity (Wildman–Crippen MR) is 105 cm³/mol. The first-order chi connectivity index (χ1) is 14.2. The number of amides is 1. The molecule has 0 fully saturated rings. The molecule has 0 aliphatic carbocycles. The number of rotatable bonds is 3. The van der Waals surface area contributed by atoms with Gasteiger partial charge < -0.3 is 9.47 Å². The van der Waals surface area contributed by atoms with Gasteiger partial charge in [-0.3, -0.25) is 4.79 Å². The van der Waals surface area contributed by atoms with Crippen LogP contribution in [0.5, 0.6) is 11.5 Å². The van der Waals surface area contributed by atoms with Crippen LogP contribution in [-0.2, 0) is 0 Å². The molecule has 1 unspecified atom stereocenters. The van der Waals surface area contributed by atoms with E-state index in [1.165, 1.54) is 29.3 Å². The zero-order valence-electron chi connectivity index (χ0n) is 15.4. The molecule has 0 bridgehead atoms. The summed E-state index contributed by atoms with van der Waals surface area (Å²) in [5, 5.41) is 6.12. The van der Waals surface area contributed by atoms with Crippen molar-refractivity contribution in [1.82, 2.24) is 5.01 Å². The second-order valence-corrected chi connectivity index (χ2v) is 6.90. The number of carbonyl (C=O) groups is 1. The van der Waals surface area contributed by atoms with Crippen molar-refractivity contribution in [2.24, 2.45) is 5.10 Å². The number of hydrogen-bond donors (Lipinski definition) is 0. The standard InChI is InChI=1S/C23H17FN2O3/c24-18-9-6-16(7-10-18)23(27)26-20(13-19(25-26)15-4-2-1-3-5-15)17-8-11-21-22(12-17)29-14-28-21/h1-12,20H,13-14H2. The molecule has 5 nitrogen and oxygen atoms in total. The van der Waals surface area contributed by atoms with Crippen LogP contribution in [0.4, 0.5) is 4.39 Å². The van der Waals surface area contributed by atoms with Crippen molar-refractivity contribution in [3.8, 4) is 11.5 Å². The van der Waals surface area contributed by atoms with Gasteiger partial charge in [0.15, 0.2) is 11.5 Å². The van der Waals surface area contributed by atoms with E-state index in [4.69, 9.17) is 9.47 Å². The normalized spacial score (nSPS) is 17.3. The average molecular weight is 388 g/mol. The van der Waals surface area contributed by atoms with E-state index in [9.17, 15) is 9.18 Å². The Kier molecular flexibility index (Phi) is 4.24. The van der Waals surface area contributed by atoms with E-state index in [2.05, 4.69) is 5.10 Å². The molecule has 1 atom stereocenters. The van der Waals surface area contributed by atoms with E-state index in [0.717, 1.165) is 16.8 Å². The highest BCUT2D eigenvalue weighted by Crippen LogP contribution is 2.39. The van der Waals surface area contributed by atoms with Crippen molar-refractivity contribution in [2.45, 2.75) is 12.5 Å². The molecule has 2 heterocycles. The van der Waals surface area contributed by atoms with Crippen LogP contribution < -0.4 is 9.47 Å². The molecule has 1 amide bonds. The highest BCUT2D eigenvalue weighted by molar-refractivity contribution is 6.05. The molecule has 2 aliphatic rings. The minimum absolute atomic E-state index is 0.188. The summed E-state index contributed by atoms with van der Waals surface area (Å²) in [6.07, 6.45) is 0.566. The minimum Gasteiger partial charge on any atom is -0.454 e. The largest absolute Gasteiger partial charge is 0.454 e. The number of halogens is 1. The Morgan fingerprint density at radius 1 is 0.966 bits per heavy atom. The molecule has 0 spiro atoms. The Morgan fingerprint density at radius 3 is 2.52 bits per heavy atom. The first-order valence-corrected chi connectivity index (χ1v) is 9.30. The van der Waals surface area contributed by atoms with E-state index < -0.39 is 0 Å². The number of benzene rings is 3. The van der Waals surface area contributed by atoms with Crippen LogP contribution in [0.3, 0.4) is 0 Å². The van der Waals surface area contributed by atoms with E-state index in [0.29, 0.717) is 23.5 Å². The molecule has 0 aromatic heterocycles. The minimum atomic E-state index is -0.385. The summed E-state index contributed by atoms with van der Waals surface area (Å²) in [5.74, 6) is 0.680. The molecular weight excluding hydrogens is 371 g/mol. The molecule has 0 radical (unpaired) electrons. The van der Waals surface area contributed by atoms with Crippen molar-refractivity contribution in [2.75, 3.05) is 6.79 Å². The van der Waals surface area contributed by atoms with Crippen molar-refractivity contribution < 1.29 is 18.7 Å². The fraction of sp³-hybridized carbons (Fsp3) is 0.130. The average Bonchev–Trinajstić information content (AvgIpc) is 3.41. The quantitative estimate of drug-likeness (QED) is 0.662. The third-order valence-electron chi connectivity index (χ3n) is 5.10. The first kappa shape index (κ1) is 17.4. The van der Waals surface area contributed by atoms with Crippen molar-refractivity contribution in [3.63, 3.8) is 0 Å². The van der Waals surface area contributed by atoms with Gasteiger partial charge in [0.25, 0.3) is 5.91 Å². The Labute approximate surface area is 167 Å². The van der Waals surface area contributed by atoms with Gasteiger partial charge in [0.1, 0.15) is 5.82 Å². The molecule has 29 heavy (non-hydrogen) atoms. The maximum absolute atomic E-state index is 13.3. The Hall–Kier alpha value is -3.67. The maximum atomic E-state index is 13.3. The summed E-state index contributed by atoms with van der Waals surface area (Å²) >= 11 is 0. The topological polar surface area (TPSA) is 51.1 Å². The number of ether oxygens (including phenoxy) is 2. The second-order valence-electron chi connectivity index (χ2n) is 6.90. The monoisotopic (exact) mass is 388 g/mol. The molecular formula is C23H17FN2O3. The van der Waals surface area contributed by atoms with Crippen LogP contribution in [0, 0.1) is 5.82 Å². The fourth-order valence-electron chi connectivity index (χ4n) is 3.61. The summed E-state index contributed by atoms with van der Waals surface area (Å²) in [6.45, 7) is 0.188. The molecule has 0 saturated carbocycles. The van der Waals surface area contributed by atoms with Crippen LogP contribution in [-0.4, -0.2) is 23.4 Å². The van der Waals surface area contributed by atoms with E-state index in [-0.39, 0.29) is 24.6 Å². The molecule has 2 aliphatic heterocycles. The summed E-state index contributed by atoms with van der Waals surface area (Å²) in [6, 6.07) is 20.6. The Balaban J connectivity index is 1.53. The smallest absolute Gasteiger partial charge is 0.274 e. The lowest BCUT2D eigenvalue weighted by molar-refractivity contribution is 0.0711. The number of hydrazone groups is 1. The van der Waals surface area contributed by atoms with Gasteiger partial charge in [0.05, 0.1) is 11.8 Å². The van der Waals surface area contributed by atoms with Crippen LogP contribution in [0.25, 0.3) is 0 Å². The number of nitrogens with zero attached hydrogens (tertiary/aromatic N) is 2. The van der Waals surface area contributed by atoms with Crippen molar-refractivity contribution in [3.05, 3.63) is 95.3 Å². The lowest BCUT2D eigenvalue weighted by Gasteiger charge is -2.22. The summed E-state index contributed by atoms with van der Waals surface area (Å²) < 4.78 is 24.2. The zero-order chi connectivity index (χ0) is 19.8.